The van der Waals surface area contributed by atoms with Gasteiger partial charge in [0.05, 0.1) is 0 Å². The molecular formula is C42H26S. The second-order valence-electron chi connectivity index (χ2n) is 11.2. The van der Waals surface area contributed by atoms with Crippen LogP contribution in [-0.4, -0.2) is 0 Å². The van der Waals surface area contributed by atoms with Crippen LogP contribution in [-0.2, 0) is 0 Å². The lowest BCUT2D eigenvalue weighted by molar-refractivity contribution is 1.64. The highest BCUT2D eigenvalue weighted by molar-refractivity contribution is 7.26. The van der Waals surface area contributed by atoms with Crippen molar-refractivity contribution in [2.45, 2.75) is 0 Å². The van der Waals surface area contributed by atoms with Crippen LogP contribution in [0.2, 0.25) is 0 Å². The molecule has 0 aliphatic rings. The maximum Gasteiger partial charge on any atom is 0.0433 e. The quantitative estimate of drug-likeness (QED) is 0.188. The van der Waals surface area contributed by atoms with Crippen molar-refractivity contribution in [3.63, 3.8) is 0 Å². The number of rotatable bonds is 3. The molecule has 0 atom stereocenters. The first kappa shape index (κ1) is 24.4. The molecule has 200 valence electrons. The van der Waals surface area contributed by atoms with Gasteiger partial charge in [-0.2, -0.15) is 0 Å². The molecular weight excluding hydrogens is 537 g/mol. The van der Waals surface area contributed by atoms with Crippen LogP contribution >= 0.6 is 11.3 Å². The fourth-order valence-corrected chi connectivity index (χ4v) is 8.20. The van der Waals surface area contributed by atoms with E-state index >= 15 is 0 Å². The lowest BCUT2D eigenvalue weighted by Gasteiger charge is -2.19. The van der Waals surface area contributed by atoms with Crippen molar-refractivity contribution in [3.8, 4) is 33.4 Å². The first-order valence-electron chi connectivity index (χ1n) is 14.8. The summed E-state index contributed by atoms with van der Waals surface area (Å²) in [4.78, 5) is 0. The lowest BCUT2D eigenvalue weighted by Crippen LogP contribution is -1.91. The molecule has 0 amide bonds. The van der Waals surface area contributed by atoms with Crippen LogP contribution in [0.15, 0.2) is 158 Å². The summed E-state index contributed by atoms with van der Waals surface area (Å²) in [7, 11) is 0. The summed E-state index contributed by atoms with van der Waals surface area (Å²) in [5.74, 6) is 0. The van der Waals surface area contributed by atoms with Gasteiger partial charge in [0.1, 0.15) is 0 Å². The second-order valence-corrected chi connectivity index (χ2v) is 12.3. The van der Waals surface area contributed by atoms with E-state index in [1.54, 1.807) is 0 Å². The van der Waals surface area contributed by atoms with Gasteiger partial charge in [0.15, 0.2) is 0 Å². The predicted octanol–water partition coefficient (Wildman–Crippen LogP) is 12.5. The Hall–Kier alpha value is -5.24. The molecule has 8 aromatic carbocycles. The van der Waals surface area contributed by atoms with Gasteiger partial charge in [-0.1, -0.05) is 152 Å². The van der Waals surface area contributed by atoms with E-state index in [2.05, 4.69) is 158 Å². The number of fused-ring (bicyclic) bond motifs is 6. The molecule has 0 aliphatic carbocycles. The molecule has 0 spiro atoms. The molecule has 0 saturated heterocycles. The first-order valence-corrected chi connectivity index (χ1v) is 15.6. The Kier molecular flexibility index (Phi) is 5.47. The van der Waals surface area contributed by atoms with Crippen molar-refractivity contribution in [2.75, 3.05) is 0 Å². The summed E-state index contributed by atoms with van der Waals surface area (Å²) < 4.78 is 2.69. The molecule has 1 heteroatoms. The Morgan fingerprint density at radius 3 is 1.51 bits per heavy atom. The minimum atomic E-state index is 1.24. The number of hydrogen-bond donors (Lipinski definition) is 0. The van der Waals surface area contributed by atoms with Crippen molar-refractivity contribution >= 4 is 63.8 Å². The topological polar surface area (TPSA) is 0 Å². The van der Waals surface area contributed by atoms with Crippen molar-refractivity contribution in [1.82, 2.24) is 0 Å². The molecule has 0 radical (unpaired) electrons. The van der Waals surface area contributed by atoms with E-state index in [9.17, 15) is 0 Å². The van der Waals surface area contributed by atoms with Crippen LogP contribution in [0.1, 0.15) is 0 Å². The lowest BCUT2D eigenvalue weighted by atomic mass is 9.84. The summed E-state index contributed by atoms with van der Waals surface area (Å²) in [5.41, 5.74) is 7.67. The number of benzene rings is 8. The van der Waals surface area contributed by atoms with Crippen molar-refractivity contribution in [2.24, 2.45) is 0 Å². The molecule has 0 bridgehead atoms. The first-order chi connectivity index (χ1) is 21.3. The maximum atomic E-state index is 2.31. The molecule has 0 saturated carbocycles. The average Bonchev–Trinajstić information content (AvgIpc) is 3.46. The Labute approximate surface area is 254 Å². The molecule has 43 heavy (non-hydrogen) atoms. The number of hydrogen-bond acceptors (Lipinski definition) is 1. The van der Waals surface area contributed by atoms with Crippen molar-refractivity contribution in [1.29, 1.82) is 0 Å². The van der Waals surface area contributed by atoms with Crippen LogP contribution in [0, 0.1) is 0 Å². The minimum Gasteiger partial charge on any atom is -0.135 e. The van der Waals surface area contributed by atoms with Gasteiger partial charge in [-0.25, -0.2) is 0 Å². The van der Waals surface area contributed by atoms with E-state index < -0.39 is 0 Å². The number of thiophene rings is 1. The van der Waals surface area contributed by atoms with E-state index in [0.29, 0.717) is 0 Å². The fourth-order valence-electron chi connectivity index (χ4n) is 6.96. The van der Waals surface area contributed by atoms with Crippen LogP contribution in [0.4, 0.5) is 0 Å². The Morgan fingerprint density at radius 1 is 0.302 bits per heavy atom. The van der Waals surface area contributed by atoms with Gasteiger partial charge >= 0.3 is 0 Å². The van der Waals surface area contributed by atoms with Gasteiger partial charge in [0.2, 0.25) is 0 Å². The predicted molar refractivity (Wildman–Crippen MR) is 188 cm³/mol. The normalized spacial score (nSPS) is 11.7. The van der Waals surface area contributed by atoms with E-state index in [1.807, 2.05) is 11.3 Å². The maximum absolute atomic E-state index is 2.31. The minimum absolute atomic E-state index is 1.24. The average molecular weight is 563 g/mol. The SMILES string of the molecule is c1ccc2c(-c3c4ccccc4c(-c4ccc(-c5cccc6c5sc5ccccc56)cc4)c4ccccc34)cccc2c1. The smallest absolute Gasteiger partial charge is 0.0433 e. The van der Waals surface area contributed by atoms with Gasteiger partial charge in [0, 0.05) is 20.2 Å². The highest BCUT2D eigenvalue weighted by atomic mass is 32.1. The largest absolute Gasteiger partial charge is 0.135 e. The van der Waals surface area contributed by atoms with E-state index in [4.69, 9.17) is 0 Å². The summed E-state index contributed by atoms with van der Waals surface area (Å²) in [6.07, 6.45) is 0. The van der Waals surface area contributed by atoms with Gasteiger partial charge < -0.3 is 0 Å². The van der Waals surface area contributed by atoms with Gasteiger partial charge in [-0.15, -0.1) is 11.3 Å². The third-order valence-corrected chi connectivity index (χ3v) is 10.1. The van der Waals surface area contributed by atoms with Gasteiger partial charge in [-0.05, 0) is 71.8 Å². The highest BCUT2D eigenvalue weighted by Gasteiger charge is 2.18. The Balaban J connectivity index is 1.27. The Morgan fingerprint density at radius 2 is 0.791 bits per heavy atom. The standard InChI is InChI=1S/C42H26S/c1-2-13-30-27(11-1)12-9-20-33(30)41-36-17-5-3-15-34(36)40(35-16-4-6-18-37(35)41)29-25-23-28(24-26-29)31-19-10-21-38-32-14-7-8-22-39(32)43-42(31)38/h1-26H. The van der Waals surface area contributed by atoms with Crippen LogP contribution in [0.5, 0.6) is 0 Å². The van der Waals surface area contributed by atoms with Gasteiger partial charge in [-0.3, -0.25) is 0 Å². The monoisotopic (exact) mass is 562 g/mol. The van der Waals surface area contributed by atoms with E-state index in [1.165, 1.54) is 85.9 Å². The summed E-state index contributed by atoms with van der Waals surface area (Å²) in [5, 5.41) is 10.4. The fraction of sp³-hybridized carbons (Fsp3) is 0. The van der Waals surface area contributed by atoms with Gasteiger partial charge in [0.25, 0.3) is 0 Å². The third-order valence-electron chi connectivity index (χ3n) is 8.88. The van der Waals surface area contributed by atoms with Crippen LogP contribution < -0.4 is 0 Å². The molecule has 9 rings (SSSR count). The summed E-state index contributed by atoms with van der Waals surface area (Å²) in [6, 6.07) is 57.9. The molecule has 1 aromatic heterocycles. The van der Waals surface area contributed by atoms with Crippen molar-refractivity contribution < 1.29 is 0 Å². The Bertz CT molecular complexity index is 2430. The summed E-state index contributed by atoms with van der Waals surface area (Å²) in [6.45, 7) is 0. The molecule has 0 fully saturated rings. The van der Waals surface area contributed by atoms with E-state index in [-0.39, 0.29) is 0 Å². The van der Waals surface area contributed by atoms with Crippen LogP contribution in [0.25, 0.3) is 85.9 Å². The van der Waals surface area contributed by atoms with E-state index in [0.717, 1.165) is 0 Å². The second kappa shape index (κ2) is 9.66. The molecule has 0 N–H and O–H groups in total. The van der Waals surface area contributed by atoms with Crippen LogP contribution in [0.3, 0.4) is 0 Å². The summed E-state index contributed by atoms with van der Waals surface area (Å²) >= 11 is 1.89. The molecule has 0 aliphatic heterocycles. The highest BCUT2D eigenvalue weighted by Crippen LogP contribution is 2.46. The zero-order valence-electron chi connectivity index (χ0n) is 23.4. The zero-order chi connectivity index (χ0) is 28.3. The molecule has 1 heterocycles. The molecule has 9 aromatic rings. The molecule has 0 nitrogen and oxygen atoms in total. The third kappa shape index (κ3) is 3.75. The van der Waals surface area contributed by atoms with Crippen molar-refractivity contribution in [3.05, 3.63) is 158 Å². The zero-order valence-corrected chi connectivity index (χ0v) is 24.2. The molecule has 0 unspecified atom stereocenters.